The number of ether oxygens (including phenoxy) is 3. The lowest BCUT2D eigenvalue weighted by molar-refractivity contribution is -0.302. The lowest BCUT2D eigenvalue weighted by atomic mass is 9.99. The van der Waals surface area contributed by atoms with Gasteiger partial charge in [0.25, 0.3) is 0 Å². The highest BCUT2D eigenvalue weighted by molar-refractivity contribution is 5.76. The van der Waals surface area contributed by atoms with E-state index in [2.05, 4.69) is 66.9 Å². The molecule has 1 amide bonds. The predicted octanol–water partition coefficient (Wildman–Crippen LogP) is 12.8. The van der Waals surface area contributed by atoms with Gasteiger partial charge in [-0.2, -0.15) is 0 Å². The number of allylic oxidation sites excluding steroid dienone is 11. The Morgan fingerprint density at radius 1 is 0.549 bits per heavy atom. The number of hydrogen-bond acceptors (Lipinski definition) is 10. The molecule has 6 N–H and O–H groups in total. The molecule has 0 bridgehead atoms. The van der Waals surface area contributed by atoms with E-state index < -0.39 is 49.5 Å². The molecule has 7 atom stereocenters. The van der Waals surface area contributed by atoms with Crippen molar-refractivity contribution >= 4 is 11.9 Å². The summed E-state index contributed by atoms with van der Waals surface area (Å²) in [5.41, 5.74) is 0. The Kier molecular flexibility index (Phi) is 45.9. The summed E-state index contributed by atoms with van der Waals surface area (Å²) in [6, 6.07) is -0.845. The Morgan fingerprint density at radius 2 is 1.01 bits per heavy atom. The fourth-order valence-electron chi connectivity index (χ4n) is 8.50. The highest BCUT2D eigenvalue weighted by atomic mass is 16.7. The second-order valence-corrected chi connectivity index (χ2v) is 19.6. The summed E-state index contributed by atoms with van der Waals surface area (Å²) in [6.45, 7) is 4.02. The molecule has 1 heterocycles. The second-order valence-electron chi connectivity index (χ2n) is 19.6. The van der Waals surface area contributed by atoms with Crippen LogP contribution in [-0.4, -0.2) is 100 Å². The zero-order chi connectivity index (χ0) is 51.7. The first kappa shape index (κ1) is 66.1. The molecule has 1 fully saturated rings. The van der Waals surface area contributed by atoms with Gasteiger partial charge in [-0.05, 0) is 110 Å². The van der Waals surface area contributed by atoms with E-state index >= 15 is 0 Å². The van der Waals surface area contributed by atoms with Crippen LogP contribution in [0.5, 0.6) is 0 Å². The largest absolute Gasteiger partial charge is 0.466 e. The van der Waals surface area contributed by atoms with Crippen molar-refractivity contribution in [2.45, 2.75) is 275 Å². The van der Waals surface area contributed by atoms with Crippen molar-refractivity contribution in [3.8, 4) is 0 Å². The molecular formula is C60H105NO10. The molecule has 0 spiro atoms. The fourth-order valence-corrected chi connectivity index (χ4v) is 8.50. The summed E-state index contributed by atoms with van der Waals surface area (Å²) in [5.74, 6) is -0.245. The number of nitrogens with one attached hydrogen (secondary N) is 1. The molecule has 0 saturated carbocycles. The number of carbonyl (C=O) groups is 2. The van der Waals surface area contributed by atoms with Gasteiger partial charge in [0.15, 0.2) is 6.29 Å². The Bertz CT molecular complexity index is 1410. The minimum Gasteiger partial charge on any atom is -0.466 e. The van der Waals surface area contributed by atoms with Gasteiger partial charge in [-0.1, -0.05) is 183 Å². The number of rotatable bonds is 48. The normalized spacial score (nSPS) is 19.7. The Morgan fingerprint density at radius 3 is 1.56 bits per heavy atom. The molecule has 1 aliphatic rings. The summed E-state index contributed by atoms with van der Waals surface area (Å²) in [4.78, 5) is 25.0. The minimum atomic E-state index is -1.59. The van der Waals surface area contributed by atoms with Crippen LogP contribution in [0.25, 0.3) is 0 Å². The van der Waals surface area contributed by atoms with Gasteiger partial charge in [-0.15, -0.1) is 0 Å². The van der Waals surface area contributed by atoms with Crippen molar-refractivity contribution in [2.75, 3.05) is 19.8 Å². The highest BCUT2D eigenvalue weighted by Gasteiger charge is 2.44. The number of carbonyl (C=O) groups excluding carboxylic acids is 2. The Balaban J connectivity index is 2.06. The first-order valence-corrected chi connectivity index (χ1v) is 28.7. The maximum Gasteiger partial charge on any atom is 0.305 e. The highest BCUT2D eigenvalue weighted by Crippen LogP contribution is 2.23. The van der Waals surface area contributed by atoms with E-state index in [1.54, 1.807) is 6.08 Å². The van der Waals surface area contributed by atoms with Crippen LogP contribution in [0.4, 0.5) is 0 Å². The quantitative estimate of drug-likeness (QED) is 0.0196. The summed E-state index contributed by atoms with van der Waals surface area (Å²) in [7, 11) is 0. The van der Waals surface area contributed by atoms with Gasteiger partial charge in [-0.3, -0.25) is 9.59 Å². The second kappa shape index (κ2) is 49.3. The molecule has 11 nitrogen and oxygen atoms in total. The lowest BCUT2D eigenvalue weighted by Gasteiger charge is -2.40. The van der Waals surface area contributed by atoms with Crippen LogP contribution in [0.15, 0.2) is 72.9 Å². The standard InChI is InChI=1S/C60H105NO10/c1-3-5-7-9-11-13-14-15-16-22-25-28-32-36-40-44-48-56(65)69-49-45-41-37-33-29-26-23-20-18-17-19-21-24-27-31-35-39-43-47-55(64)61-52(53(63)46-42-38-34-30-12-10-8-6-4-2)51-70-60-59(68)58(67)57(66)54(50-62)71-60/h4,6,12-14,16,19,21-22,30,42,46,52-54,57-60,62-63,66-68H,3,5,7-11,15,17-18,20,23-29,31-41,43-45,47-51H2,1-2H3,(H,61,64)/b6-4+,14-13-,21-19-,22-16-,30-12+,46-42+. The van der Waals surface area contributed by atoms with Crippen LogP contribution < -0.4 is 5.32 Å². The van der Waals surface area contributed by atoms with Crippen LogP contribution >= 0.6 is 0 Å². The fraction of sp³-hybridized carbons (Fsp3) is 0.767. The van der Waals surface area contributed by atoms with Crippen molar-refractivity contribution in [3.63, 3.8) is 0 Å². The summed E-state index contributed by atoms with van der Waals surface area (Å²) in [6.07, 6.45) is 54.5. The van der Waals surface area contributed by atoms with Gasteiger partial charge < -0.3 is 45.1 Å². The van der Waals surface area contributed by atoms with Gasteiger partial charge in [0, 0.05) is 12.8 Å². The van der Waals surface area contributed by atoms with Gasteiger partial charge in [0.05, 0.1) is 32.0 Å². The topological polar surface area (TPSA) is 175 Å². The molecule has 71 heavy (non-hydrogen) atoms. The minimum absolute atomic E-state index is 0.0288. The van der Waals surface area contributed by atoms with Crippen molar-refractivity contribution in [3.05, 3.63) is 72.9 Å². The Hall–Kier alpha value is -2.90. The molecule has 11 heteroatoms. The van der Waals surface area contributed by atoms with Crippen LogP contribution in [0.3, 0.4) is 0 Å². The van der Waals surface area contributed by atoms with Crippen LogP contribution in [0.2, 0.25) is 0 Å². The average Bonchev–Trinajstić information content (AvgIpc) is 3.37. The van der Waals surface area contributed by atoms with E-state index in [1.807, 2.05) is 19.1 Å². The molecule has 1 aliphatic heterocycles. The third kappa shape index (κ3) is 39.3. The first-order chi connectivity index (χ1) is 34.7. The van der Waals surface area contributed by atoms with Crippen molar-refractivity contribution < 1.29 is 49.3 Å². The molecule has 410 valence electrons. The molecule has 0 aliphatic carbocycles. The zero-order valence-electron chi connectivity index (χ0n) is 44.9. The summed E-state index contributed by atoms with van der Waals surface area (Å²) < 4.78 is 16.6. The van der Waals surface area contributed by atoms with Gasteiger partial charge >= 0.3 is 5.97 Å². The molecular weight excluding hydrogens is 895 g/mol. The molecule has 0 aromatic heterocycles. The van der Waals surface area contributed by atoms with Crippen molar-refractivity contribution in [1.82, 2.24) is 5.32 Å². The van der Waals surface area contributed by atoms with E-state index in [-0.39, 0.29) is 18.5 Å². The van der Waals surface area contributed by atoms with Crippen molar-refractivity contribution in [1.29, 1.82) is 0 Å². The Labute approximate surface area is 432 Å². The lowest BCUT2D eigenvalue weighted by Crippen LogP contribution is -2.60. The maximum atomic E-state index is 13.0. The monoisotopic (exact) mass is 1000 g/mol. The number of amides is 1. The number of esters is 1. The van der Waals surface area contributed by atoms with Gasteiger partial charge in [-0.25, -0.2) is 0 Å². The van der Waals surface area contributed by atoms with E-state index in [4.69, 9.17) is 14.2 Å². The molecule has 1 saturated heterocycles. The molecule has 0 radical (unpaired) electrons. The number of hydrogen-bond donors (Lipinski definition) is 6. The number of aliphatic hydroxyl groups is 5. The van der Waals surface area contributed by atoms with Crippen LogP contribution in [-0.2, 0) is 23.8 Å². The van der Waals surface area contributed by atoms with Crippen molar-refractivity contribution in [2.24, 2.45) is 0 Å². The average molecular weight is 1000 g/mol. The number of unbranched alkanes of at least 4 members (excludes halogenated alkanes) is 25. The summed E-state index contributed by atoms with van der Waals surface area (Å²) >= 11 is 0. The number of aliphatic hydroxyl groups excluding tert-OH is 5. The van der Waals surface area contributed by atoms with Crippen LogP contribution in [0.1, 0.15) is 232 Å². The smallest absolute Gasteiger partial charge is 0.305 e. The SMILES string of the molecule is C/C=C/CC/C=C/CC/C=C/C(O)C(COC1OC(CO)C(O)C(O)C1O)NC(=O)CCCCCCC/C=C\CCCCCCCCCCCOC(=O)CCCCCCC/C=C\C/C=C\CCCCCC. The van der Waals surface area contributed by atoms with Gasteiger partial charge in [0.2, 0.25) is 5.91 Å². The maximum absolute atomic E-state index is 13.0. The van der Waals surface area contributed by atoms with Gasteiger partial charge in [0.1, 0.15) is 24.4 Å². The summed E-state index contributed by atoms with van der Waals surface area (Å²) in [5, 5.41) is 54.1. The first-order valence-electron chi connectivity index (χ1n) is 28.7. The molecule has 7 unspecified atom stereocenters. The van der Waals surface area contributed by atoms with E-state index in [1.165, 1.54) is 96.3 Å². The van der Waals surface area contributed by atoms with E-state index in [0.717, 1.165) is 103 Å². The molecule has 0 aromatic rings. The third-order valence-electron chi connectivity index (χ3n) is 13.1. The van der Waals surface area contributed by atoms with E-state index in [0.29, 0.717) is 25.9 Å². The molecule has 0 aromatic carbocycles. The zero-order valence-corrected chi connectivity index (χ0v) is 44.9. The molecule has 1 rings (SSSR count). The predicted molar refractivity (Wildman–Crippen MR) is 292 cm³/mol. The van der Waals surface area contributed by atoms with Crippen LogP contribution in [0, 0.1) is 0 Å². The van der Waals surface area contributed by atoms with E-state index in [9.17, 15) is 35.1 Å². The third-order valence-corrected chi connectivity index (χ3v) is 13.1.